The van der Waals surface area contributed by atoms with E-state index in [-0.39, 0.29) is 5.92 Å². The molecule has 1 atom stereocenters. The fraction of sp³-hybridized carbons (Fsp3) is 0.300. The zero-order valence-electron chi connectivity index (χ0n) is 20.5. The number of benzene rings is 3. The van der Waals surface area contributed by atoms with Crippen molar-refractivity contribution in [2.75, 3.05) is 0 Å². The van der Waals surface area contributed by atoms with Gasteiger partial charge in [-0.1, -0.05) is 61.9 Å². The molecule has 5 rings (SSSR count). The molecule has 33 heavy (non-hydrogen) atoms. The quantitative estimate of drug-likeness (QED) is 0.259. The standard InChI is InChI=1S/C30H31FN2/c1-17(2)30(7,31)24-10-8-9-23-22-12-11-18(3)15-25(22)33-26(16-32-29(33)28(23)24)27-20(5)13-19(4)14-21(27)6/h8-17H,1-7H3. The third kappa shape index (κ3) is 3.17. The van der Waals surface area contributed by atoms with Gasteiger partial charge in [0.2, 0.25) is 0 Å². The lowest BCUT2D eigenvalue weighted by Gasteiger charge is -2.27. The predicted octanol–water partition coefficient (Wildman–Crippen LogP) is 8.38. The minimum absolute atomic E-state index is 0.159. The van der Waals surface area contributed by atoms with E-state index in [2.05, 4.69) is 68.5 Å². The Bertz CT molecular complexity index is 1530. The van der Waals surface area contributed by atoms with Gasteiger partial charge in [-0.05, 0) is 68.7 Å². The van der Waals surface area contributed by atoms with Crippen LogP contribution in [0.5, 0.6) is 0 Å². The zero-order chi connectivity index (χ0) is 23.7. The van der Waals surface area contributed by atoms with Gasteiger partial charge in [-0.15, -0.1) is 0 Å². The first kappa shape index (κ1) is 21.6. The van der Waals surface area contributed by atoms with E-state index in [1.807, 2.05) is 32.2 Å². The molecule has 0 saturated carbocycles. The van der Waals surface area contributed by atoms with Crippen LogP contribution in [-0.2, 0) is 5.67 Å². The Morgan fingerprint density at radius 1 is 0.879 bits per heavy atom. The molecule has 5 aromatic rings. The summed E-state index contributed by atoms with van der Waals surface area (Å²) in [7, 11) is 0. The fourth-order valence-corrected chi connectivity index (χ4v) is 5.32. The third-order valence-electron chi connectivity index (χ3n) is 7.28. The summed E-state index contributed by atoms with van der Waals surface area (Å²) in [5.74, 6) is -0.159. The van der Waals surface area contributed by atoms with Gasteiger partial charge in [-0.2, -0.15) is 0 Å². The first-order valence-electron chi connectivity index (χ1n) is 11.7. The second-order valence-corrected chi connectivity index (χ2v) is 10.1. The van der Waals surface area contributed by atoms with Gasteiger partial charge in [0.25, 0.3) is 0 Å². The van der Waals surface area contributed by atoms with Crippen LogP contribution in [-0.4, -0.2) is 9.38 Å². The Kier molecular flexibility index (Phi) is 4.86. The number of fused-ring (bicyclic) bond motifs is 6. The van der Waals surface area contributed by atoms with E-state index in [0.29, 0.717) is 5.56 Å². The summed E-state index contributed by atoms with van der Waals surface area (Å²) in [6.45, 7) is 14.1. The zero-order valence-corrected chi connectivity index (χ0v) is 20.5. The molecule has 0 N–H and O–H groups in total. The van der Waals surface area contributed by atoms with E-state index >= 15 is 4.39 Å². The molecule has 168 valence electrons. The van der Waals surface area contributed by atoms with Crippen molar-refractivity contribution in [3.05, 3.63) is 82.5 Å². The number of halogens is 1. The highest BCUT2D eigenvalue weighted by molar-refractivity contribution is 6.14. The van der Waals surface area contributed by atoms with Crippen LogP contribution in [0.4, 0.5) is 4.39 Å². The van der Waals surface area contributed by atoms with Crippen molar-refractivity contribution in [3.63, 3.8) is 0 Å². The number of hydrogen-bond donors (Lipinski definition) is 0. The van der Waals surface area contributed by atoms with E-state index in [0.717, 1.165) is 33.0 Å². The highest BCUT2D eigenvalue weighted by Gasteiger charge is 2.33. The summed E-state index contributed by atoms with van der Waals surface area (Å²) in [6, 6.07) is 17.0. The smallest absolute Gasteiger partial charge is 0.146 e. The number of hydrogen-bond acceptors (Lipinski definition) is 1. The molecule has 0 fully saturated rings. The molecule has 0 aliphatic carbocycles. The number of aryl methyl sites for hydroxylation is 4. The summed E-state index contributed by atoms with van der Waals surface area (Å²) in [6.07, 6.45) is 1.96. The number of pyridine rings is 1. The van der Waals surface area contributed by atoms with Crippen LogP contribution < -0.4 is 0 Å². The minimum Gasteiger partial charge on any atom is -0.292 e. The van der Waals surface area contributed by atoms with Gasteiger partial charge in [-0.25, -0.2) is 9.37 Å². The monoisotopic (exact) mass is 438 g/mol. The number of imidazole rings is 1. The predicted molar refractivity (Wildman–Crippen MR) is 138 cm³/mol. The summed E-state index contributed by atoms with van der Waals surface area (Å²) in [4.78, 5) is 4.94. The van der Waals surface area contributed by atoms with Crippen molar-refractivity contribution in [2.24, 2.45) is 5.92 Å². The average molecular weight is 439 g/mol. The topological polar surface area (TPSA) is 17.3 Å². The normalized spacial score (nSPS) is 14.0. The van der Waals surface area contributed by atoms with Crippen LogP contribution >= 0.6 is 0 Å². The Balaban J connectivity index is 2.04. The lowest BCUT2D eigenvalue weighted by molar-refractivity contribution is 0.125. The molecule has 0 aliphatic heterocycles. The maximum absolute atomic E-state index is 16.1. The lowest BCUT2D eigenvalue weighted by atomic mass is 9.84. The summed E-state index contributed by atoms with van der Waals surface area (Å²) < 4.78 is 18.4. The Morgan fingerprint density at radius 2 is 1.58 bits per heavy atom. The highest BCUT2D eigenvalue weighted by atomic mass is 19.1. The molecule has 0 radical (unpaired) electrons. The number of aromatic nitrogens is 2. The molecule has 0 amide bonds. The largest absolute Gasteiger partial charge is 0.292 e. The van der Waals surface area contributed by atoms with E-state index in [1.54, 1.807) is 6.92 Å². The maximum Gasteiger partial charge on any atom is 0.146 e. The molecular formula is C30H31FN2. The molecule has 0 saturated heterocycles. The first-order valence-corrected chi connectivity index (χ1v) is 11.7. The fourth-order valence-electron chi connectivity index (χ4n) is 5.32. The minimum atomic E-state index is -1.47. The second kappa shape index (κ2) is 7.41. The average Bonchev–Trinajstić information content (AvgIpc) is 3.17. The molecule has 0 bridgehead atoms. The van der Waals surface area contributed by atoms with Crippen LogP contribution in [0.3, 0.4) is 0 Å². The molecule has 2 heterocycles. The third-order valence-corrected chi connectivity index (χ3v) is 7.28. The highest BCUT2D eigenvalue weighted by Crippen LogP contribution is 2.42. The van der Waals surface area contributed by atoms with Gasteiger partial charge in [0, 0.05) is 21.9 Å². The summed E-state index contributed by atoms with van der Waals surface area (Å²) in [5.41, 5.74) is 8.29. The summed E-state index contributed by atoms with van der Waals surface area (Å²) in [5, 5.41) is 3.07. The molecule has 0 spiro atoms. The van der Waals surface area contributed by atoms with Gasteiger partial charge in [0.05, 0.1) is 17.4 Å². The van der Waals surface area contributed by atoms with E-state index in [4.69, 9.17) is 4.98 Å². The van der Waals surface area contributed by atoms with Crippen molar-refractivity contribution in [3.8, 4) is 11.3 Å². The first-order chi connectivity index (χ1) is 15.6. The van der Waals surface area contributed by atoms with Crippen LogP contribution in [0, 0.1) is 33.6 Å². The molecule has 3 aromatic carbocycles. The lowest BCUT2D eigenvalue weighted by Crippen LogP contribution is -2.23. The number of alkyl halides is 1. The Hall–Kier alpha value is -3.20. The number of nitrogens with zero attached hydrogens (tertiary/aromatic N) is 2. The van der Waals surface area contributed by atoms with Crippen LogP contribution in [0.2, 0.25) is 0 Å². The molecule has 0 aliphatic rings. The summed E-state index contributed by atoms with van der Waals surface area (Å²) >= 11 is 0. The van der Waals surface area contributed by atoms with Gasteiger partial charge in [-0.3, -0.25) is 4.40 Å². The van der Waals surface area contributed by atoms with Crippen molar-refractivity contribution >= 4 is 27.3 Å². The van der Waals surface area contributed by atoms with Crippen LogP contribution in [0.1, 0.15) is 48.6 Å². The molecular weight excluding hydrogens is 407 g/mol. The molecule has 1 unspecified atom stereocenters. The molecule has 2 aromatic heterocycles. The van der Waals surface area contributed by atoms with Gasteiger partial charge in [0.1, 0.15) is 11.3 Å². The molecule has 2 nitrogen and oxygen atoms in total. The maximum atomic E-state index is 16.1. The van der Waals surface area contributed by atoms with Gasteiger partial charge >= 0.3 is 0 Å². The number of rotatable bonds is 3. The van der Waals surface area contributed by atoms with Gasteiger partial charge < -0.3 is 0 Å². The van der Waals surface area contributed by atoms with Gasteiger partial charge in [0.15, 0.2) is 0 Å². The second-order valence-electron chi connectivity index (χ2n) is 10.1. The van der Waals surface area contributed by atoms with E-state index in [9.17, 15) is 0 Å². The Morgan fingerprint density at radius 3 is 2.24 bits per heavy atom. The van der Waals surface area contributed by atoms with Crippen molar-refractivity contribution in [2.45, 2.75) is 54.1 Å². The Labute approximate surface area is 195 Å². The van der Waals surface area contributed by atoms with E-state index < -0.39 is 5.67 Å². The SMILES string of the molecule is Cc1cc(C)c(-c2cnc3c4c(C(C)(F)C(C)C)cccc4c4ccc(C)cc4n23)c(C)c1. The van der Waals surface area contributed by atoms with E-state index in [1.165, 1.54) is 27.8 Å². The van der Waals surface area contributed by atoms with Crippen LogP contribution in [0.25, 0.3) is 38.6 Å². The van der Waals surface area contributed by atoms with Crippen molar-refractivity contribution in [1.29, 1.82) is 0 Å². The van der Waals surface area contributed by atoms with Crippen molar-refractivity contribution in [1.82, 2.24) is 9.38 Å². The van der Waals surface area contributed by atoms with Crippen molar-refractivity contribution < 1.29 is 4.39 Å². The van der Waals surface area contributed by atoms with Crippen LogP contribution in [0.15, 0.2) is 54.7 Å². The molecule has 3 heteroatoms.